The summed E-state index contributed by atoms with van der Waals surface area (Å²) in [5.41, 5.74) is 0.280. The maximum atomic E-state index is 9.07. The Morgan fingerprint density at radius 2 is 2.00 bits per heavy atom. The van der Waals surface area contributed by atoms with Gasteiger partial charge in [-0.2, -0.15) is 0 Å². The summed E-state index contributed by atoms with van der Waals surface area (Å²) >= 11 is 0. The van der Waals surface area contributed by atoms with E-state index >= 15 is 0 Å². The highest BCUT2D eigenvalue weighted by Gasteiger charge is 2.32. The van der Waals surface area contributed by atoms with Gasteiger partial charge in [0.05, 0.1) is 6.61 Å². The van der Waals surface area contributed by atoms with Crippen molar-refractivity contribution in [3.63, 3.8) is 0 Å². The van der Waals surface area contributed by atoms with Gasteiger partial charge in [-0.25, -0.2) is 0 Å². The third-order valence-electron chi connectivity index (χ3n) is 3.07. The Hall–Kier alpha value is -0.120. The van der Waals surface area contributed by atoms with E-state index in [1.54, 1.807) is 0 Å². The van der Waals surface area contributed by atoms with Crippen molar-refractivity contribution in [2.75, 3.05) is 26.2 Å². The topological polar surface area (TPSA) is 35.5 Å². The van der Waals surface area contributed by atoms with Gasteiger partial charge in [0.2, 0.25) is 0 Å². The summed E-state index contributed by atoms with van der Waals surface area (Å²) in [5, 5.41) is 12.6. The highest BCUT2D eigenvalue weighted by Crippen LogP contribution is 2.29. The number of aliphatic hydroxyl groups is 1. The Morgan fingerprint density at radius 3 is 2.44 bits per heavy atom. The van der Waals surface area contributed by atoms with Crippen molar-refractivity contribution in [2.24, 2.45) is 5.41 Å². The first-order chi connectivity index (χ1) is 7.44. The van der Waals surface area contributed by atoms with Crippen molar-refractivity contribution in [1.29, 1.82) is 0 Å². The van der Waals surface area contributed by atoms with Crippen LogP contribution in [0.1, 0.15) is 40.5 Å². The third kappa shape index (κ3) is 5.28. The first-order valence-corrected chi connectivity index (χ1v) is 6.53. The van der Waals surface area contributed by atoms with Gasteiger partial charge >= 0.3 is 0 Å². The van der Waals surface area contributed by atoms with Gasteiger partial charge in [0.1, 0.15) is 0 Å². The lowest BCUT2D eigenvalue weighted by Crippen LogP contribution is -2.43. The lowest BCUT2D eigenvalue weighted by molar-refractivity contribution is 0.134. The minimum atomic E-state index is 0.280. The molecule has 3 nitrogen and oxygen atoms in total. The van der Waals surface area contributed by atoms with Crippen molar-refractivity contribution in [3.8, 4) is 0 Å². The van der Waals surface area contributed by atoms with E-state index < -0.39 is 0 Å². The highest BCUT2D eigenvalue weighted by molar-refractivity contribution is 4.88. The molecule has 0 atom stereocenters. The Kier molecular flexibility index (Phi) is 5.22. The Morgan fingerprint density at radius 1 is 1.38 bits per heavy atom. The average Bonchev–Trinajstić information content (AvgIpc) is 2.97. The Labute approximate surface area is 100 Å². The fourth-order valence-electron chi connectivity index (χ4n) is 2.04. The van der Waals surface area contributed by atoms with Crippen molar-refractivity contribution in [2.45, 2.75) is 52.6 Å². The SMILES string of the molecule is CC(C)NCC(C)(C)CN(CCO)C1CC1. The van der Waals surface area contributed by atoms with Gasteiger partial charge in [-0.3, -0.25) is 4.90 Å². The molecule has 0 aromatic heterocycles. The molecule has 0 heterocycles. The molecule has 2 N–H and O–H groups in total. The zero-order valence-electron chi connectivity index (χ0n) is 11.3. The van der Waals surface area contributed by atoms with Gasteiger partial charge in [0, 0.05) is 31.7 Å². The van der Waals surface area contributed by atoms with E-state index in [1.807, 2.05) is 0 Å². The highest BCUT2D eigenvalue weighted by atomic mass is 16.3. The molecule has 0 saturated heterocycles. The predicted octanol–water partition coefficient (Wildman–Crippen LogP) is 1.47. The maximum Gasteiger partial charge on any atom is 0.0558 e. The van der Waals surface area contributed by atoms with Gasteiger partial charge < -0.3 is 10.4 Å². The van der Waals surface area contributed by atoms with Crippen LogP contribution in [0.5, 0.6) is 0 Å². The van der Waals surface area contributed by atoms with E-state index in [1.165, 1.54) is 12.8 Å². The largest absolute Gasteiger partial charge is 0.395 e. The molecule has 1 fully saturated rings. The zero-order chi connectivity index (χ0) is 12.2. The Balaban J connectivity index is 2.35. The number of hydrogen-bond donors (Lipinski definition) is 2. The number of aliphatic hydroxyl groups excluding tert-OH is 1. The van der Waals surface area contributed by atoms with E-state index in [0.29, 0.717) is 6.04 Å². The van der Waals surface area contributed by atoms with Crippen molar-refractivity contribution in [3.05, 3.63) is 0 Å². The fraction of sp³-hybridized carbons (Fsp3) is 1.00. The minimum Gasteiger partial charge on any atom is -0.395 e. The van der Waals surface area contributed by atoms with Crippen LogP contribution in [0.25, 0.3) is 0 Å². The van der Waals surface area contributed by atoms with Crippen LogP contribution in [0.2, 0.25) is 0 Å². The van der Waals surface area contributed by atoms with Gasteiger partial charge in [-0.05, 0) is 18.3 Å². The Bertz CT molecular complexity index is 200. The van der Waals surface area contributed by atoms with Crippen molar-refractivity contribution < 1.29 is 5.11 Å². The van der Waals surface area contributed by atoms with Gasteiger partial charge in [0.15, 0.2) is 0 Å². The zero-order valence-corrected chi connectivity index (χ0v) is 11.3. The van der Waals surface area contributed by atoms with Crippen LogP contribution < -0.4 is 5.32 Å². The summed E-state index contributed by atoms with van der Waals surface area (Å²) in [5.74, 6) is 0. The van der Waals surface area contributed by atoms with Crippen LogP contribution in [0, 0.1) is 5.41 Å². The van der Waals surface area contributed by atoms with Crippen molar-refractivity contribution >= 4 is 0 Å². The first-order valence-electron chi connectivity index (χ1n) is 6.53. The molecule has 1 rings (SSSR count). The third-order valence-corrected chi connectivity index (χ3v) is 3.07. The molecule has 0 aromatic carbocycles. The van der Waals surface area contributed by atoms with E-state index in [0.717, 1.165) is 25.7 Å². The second-order valence-corrected chi connectivity index (χ2v) is 6.13. The number of nitrogens with one attached hydrogen (secondary N) is 1. The second kappa shape index (κ2) is 5.99. The monoisotopic (exact) mass is 228 g/mol. The summed E-state index contributed by atoms with van der Waals surface area (Å²) in [4.78, 5) is 2.45. The molecule has 3 heteroatoms. The maximum absolute atomic E-state index is 9.07. The molecule has 0 spiro atoms. The summed E-state index contributed by atoms with van der Waals surface area (Å²) in [7, 11) is 0. The molecule has 0 unspecified atom stereocenters. The molecule has 1 aliphatic rings. The van der Waals surface area contributed by atoms with Gasteiger partial charge in [0.25, 0.3) is 0 Å². The normalized spacial score (nSPS) is 17.4. The summed E-state index contributed by atoms with van der Waals surface area (Å²) in [6.45, 7) is 12.2. The van der Waals surface area contributed by atoms with Gasteiger partial charge in [-0.15, -0.1) is 0 Å². The molecule has 16 heavy (non-hydrogen) atoms. The van der Waals surface area contributed by atoms with Gasteiger partial charge in [-0.1, -0.05) is 27.7 Å². The molecule has 96 valence electrons. The lowest BCUT2D eigenvalue weighted by atomic mass is 9.92. The van der Waals surface area contributed by atoms with E-state index in [2.05, 4.69) is 37.9 Å². The molecule has 0 amide bonds. The molecular formula is C13H28N2O. The molecular weight excluding hydrogens is 200 g/mol. The van der Waals surface area contributed by atoms with Crippen LogP contribution in [0.3, 0.4) is 0 Å². The number of nitrogens with zero attached hydrogens (tertiary/aromatic N) is 1. The molecule has 1 saturated carbocycles. The molecule has 1 aliphatic carbocycles. The van der Waals surface area contributed by atoms with Crippen LogP contribution in [-0.4, -0.2) is 48.3 Å². The molecule has 0 aliphatic heterocycles. The van der Waals surface area contributed by atoms with Crippen LogP contribution in [-0.2, 0) is 0 Å². The molecule has 0 radical (unpaired) electrons. The molecule has 0 aromatic rings. The average molecular weight is 228 g/mol. The first kappa shape index (κ1) is 13.9. The van der Waals surface area contributed by atoms with Crippen LogP contribution in [0.4, 0.5) is 0 Å². The van der Waals surface area contributed by atoms with Crippen LogP contribution in [0.15, 0.2) is 0 Å². The van der Waals surface area contributed by atoms with Crippen molar-refractivity contribution in [1.82, 2.24) is 10.2 Å². The summed E-state index contributed by atoms with van der Waals surface area (Å²) < 4.78 is 0. The summed E-state index contributed by atoms with van der Waals surface area (Å²) in [6.07, 6.45) is 2.63. The van der Waals surface area contributed by atoms with E-state index in [4.69, 9.17) is 5.11 Å². The number of rotatable bonds is 8. The van der Waals surface area contributed by atoms with E-state index in [-0.39, 0.29) is 12.0 Å². The van der Waals surface area contributed by atoms with Crippen LogP contribution >= 0.6 is 0 Å². The molecule has 0 bridgehead atoms. The predicted molar refractivity (Wildman–Crippen MR) is 68.6 cm³/mol. The smallest absolute Gasteiger partial charge is 0.0558 e. The second-order valence-electron chi connectivity index (χ2n) is 6.13. The standard InChI is InChI=1S/C13H28N2O/c1-11(2)14-9-13(3,4)10-15(7-8-16)12-5-6-12/h11-12,14,16H,5-10H2,1-4H3. The lowest BCUT2D eigenvalue weighted by Gasteiger charge is -2.33. The number of hydrogen-bond acceptors (Lipinski definition) is 3. The van der Waals surface area contributed by atoms with E-state index in [9.17, 15) is 0 Å². The fourth-order valence-corrected chi connectivity index (χ4v) is 2.04. The quantitative estimate of drug-likeness (QED) is 0.660. The minimum absolute atomic E-state index is 0.280. The summed E-state index contributed by atoms with van der Waals surface area (Å²) in [6, 6.07) is 1.29.